The first-order chi connectivity index (χ1) is 7.74. The molecule has 0 atom stereocenters. The van der Waals surface area contributed by atoms with Crippen molar-refractivity contribution < 1.29 is 0 Å². The van der Waals surface area contributed by atoms with Gasteiger partial charge < -0.3 is 4.57 Å². The third kappa shape index (κ3) is 2.97. The molecule has 0 aliphatic rings. The minimum Gasteiger partial charge on any atom is -0.308 e. The predicted molar refractivity (Wildman–Crippen MR) is 70.6 cm³/mol. The number of hydrogen-bond donors (Lipinski definition) is 0. The topological polar surface area (TPSA) is 17.8 Å². The lowest BCUT2D eigenvalue weighted by atomic mass is 10.1. The highest BCUT2D eigenvalue weighted by Crippen LogP contribution is 2.17. The summed E-state index contributed by atoms with van der Waals surface area (Å²) in [6.07, 6.45) is 9.05. The van der Waals surface area contributed by atoms with Gasteiger partial charge in [0.25, 0.3) is 0 Å². The summed E-state index contributed by atoms with van der Waals surface area (Å²) in [5.74, 6) is 1.08. The van der Waals surface area contributed by atoms with Crippen molar-refractivity contribution in [2.24, 2.45) is 0 Å². The maximum absolute atomic E-state index is 4.66. The van der Waals surface area contributed by atoms with Gasteiger partial charge in [-0.15, -0.1) is 0 Å². The zero-order chi connectivity index (χ0) is 12.0. The highest BCUT2D eigenvalue weighted by Gasteiger charge is 2.11. The van der Waals surface area contributed by atoms with Crippen molar-refractivity contribution in [2.75, 3.05) is 0 Å². The molecule has 0 aliphatic heterocycles. The molecular formula is C14H24N2. The fourth-order valence-corrected chi connectivity index (χ4v) is 2.04. The van der Waals surface area contributed by atoms with Crippen molar-refractivity contribution in [3.63, 3.8) is 0 Å². The number of rotatable bonds is 7. The minimum absolute atomic E-state index is 1.08. The summed E-state index contributed by atoms with van der Waals surface area (Å²) in [6.45, 7) is 10.4. The van der Waals surface area contributed by atoms with E-state index in [1.54, 1.807) is 0 Å². The molecule has 1 aromatic rings. The summed E-state index contributed by atoms with van der Waals surface area (Å²) in [6, 6.07) is 0. The number of nitrogens with zero attached hydrogens (tertiary/aromatic N) is 2. The Labute approximate surface area is 99.4 Å². The van der Waals surface area contributed by atoms with E-state index in [2.05, 4.69) is 36.9 Å². The Morgan fingerprint density at radius 3 is 2.38 bits per heavy atom. The van der Waals surface area contributed by atoms with Crippen LogP contribution in [0.4, 0.5) is 0 Å². The van der Waals surface area contributed by atoms with Crippen LogP contribution in [-0.4, -0.2) is 9.55 Å². The fraction of sp³-hybridized carbons (Fsp3) is 0.643. The molecule has 0 saturated heterocycles. The van der Waals surface area contributed by atoms with E-state index in [0.29, 0.717) is 0 Å². The Kier molecular flexibility index (Phi) is 5.30. The van der Waals surface area contributed by atoms with Gasteiger partial charge in [0.1, 0.15) is 5.82 Å². The van der Waals surface area contributed by atoms with Gasteiger partial charge in [-0.1, -0.05) is 33.3 Å². The van der Waals surface area contributed by atoms with Crippen LogP contribution in [0.1, 0.15) is 56.7 Å². The second-order valence-corrected chi connectivity index (χ2v) is 4.31. The molecule has 1 aromatic heterocycles. The van der Waals surface area contributed by atoms with E-state index in [1.807, 2.05) is 6.20 Å². The molecule has 1 rings (SSSR count). The summed E-state index contributed by atoms with van der Waals surface area (Å²) >= 11 is 0. The molecule has 0 radical (unpaired) electrons. The van der Waals surface area contributed by atoms with E-state index >= 15 is 0 Å². The van der Waals surface area contributed by atoms with Crippen molar-refractivity contribution in [1.29, 1.82) is 0 Å². The van der Waals surface area contributed by atoms with E-state index in [4.69, 9.17) is 0 Å². The van der Waals surface area contributed by atoms with Crippen LogP contribution in [0.25, 0.3) is 6.20 Å². The monoisotopic (exact) mass is 220 g/mol. The van der Waals surface area contributed by atoms with Gasteiger partial charge in [0.15, 0.2) is 0 Å². The normalized spacial score (nSPS) is 10.7. The summed E-state index contributed by atoms with van der Waals surface area (Å²) in [4.78, 5) is 4.66. The third-order valence-corrected chi connectivity index (χ3v) is 2.99. The molecule has 90 valence electrons. The van der Waals surface area contributed by atoms with Gasteiger partial charge in [-0.25, -0.2) is 4.98 Å². The maximum Gasteiger partial charge on any atom is 0.110 e. The molecule has 0 saturated carbocycles. The van der Waals surface area contributed by atoms with Crippen LogP contribution in [-0.2, 0) is 12.8 Å². The summed E-state index contributed by atoms with van der Waals surface area (Å²) in [7, 11) is 0. The molecule has 0 amide bonds. The van der Waals surface area contributed by atoms with Crippen LogP contribution in [0, 0.1) is 6.92 Å². The molecule has 0 N–H and O–H groups in total. The molecule has 0 fully saturated rings. The first-order valence-electron chi connectivity index (χ1n) is 6.43. The first-order valence-corrected chi connectivity index (χ1v) is 6.43. The van der Waals surface area contributed by atoms with Crippen LogP contribution in [0.2, 0.25) is 0 Å². The van der Waals surface area contributed by atoms with Gasteiger partial charge in [-0.3, -0.25) is 0 Å². The van der Waals surface area contributed by atoms with Gasteiger partial charge in [-0.05, 0) is 32.6 Å². The largest absolute Gasteiger partial charge is 0.308 e. The van der Waals surface area contributed by atoms with E-state index in [1.165, 1.54) is 37.1 Å². The molecule has 2 nitrogen and oxygen atoms in total. The van der Waals surface area contributed by atoms with Crippen molar-refractivity contribution in [3.05, 3.63) is 23.8 Å². The molecule has 0 unspecified atom stereocenters. The second-order valence-electron chi connectivity index (χ2n) is 4.31. The van der Waals surface area contributed by atoms with Gasteiger partial charge in [0.2, 0.25) is 0 Å². The Bertz CT molecular complexity index is 337. The lowest BCUT2D eigenvalue weighted by Crippen LogP contribution is -1.99. The smallest absolute Gasteiger partial charge is 0.110 e. The molecule has 1 heterocycles. The average Bonchev–Trinajstić information content (AvgIpc) is 2.59. The molecular weight excluding hydrogens is 196 g/mol. The number of imidazole rings is 1. The first kappa shape index (κ1) is 13.0. The van der Waals surface area contributed by atoms with E-state index < -0.39 is 0 Å². The van der Waals surface area contributed by atoms with E-state index in [0.717, 1.165) is 18.7 Å². The molecule has 0 aliphatic carbocycles. The summed E-state index contributed by atoms with van der Waals surface area (Å²) in [5.41, 5.74) is 2.66. The lowest BCUT2D eigenvalue weighted by Gasteiger charge is -2.06. The molecule has 0 bridgehead atoms. The Hall–Kier alpha value is -1.05. The van der Waals surface area contributed by atoms with Crippen LogP contribution in [0.15, 0.2) is 6.58 Å². The highest BCUT2D eigenvalue weighted by atomic mass is 15.1. The van der Waals surface area contributed by atoms with Crippen molar-refractivity contribution in [2.45, 2.75) is 59.3 Å². The van der Waals surface area contributed by atoms with Crippen LogP contribution < -0.4 is 0 Å². The Balaban J connectivity index is 2.91. The predicted octanol–water partition coefficient (Wildman–Crippen LogP) is 3.98. The van der Waals surface area contributed by atoms with Crippen LogP contribution in [0.3, 0.4) is 0 Å². The van der Waals surface area contributed by atoms with Crippen molar-refractivity contribution >= 4 is 6.20 Å². The van der Waals surface area contributed by atoms with Gasteiger partial charge in [0, 0.05) is 11.9 Å². The third-order valence-electron chi connectivity index (χ3n) is 2.99. The zero-order valence-corrected chi connectivity index (χ0v) is 10.9. The van der Waals surface area contributed by atoms with E-state index in [-0.39, 0.29) is 0 Å². The van der Waals surface area contributed by atoms with E-state index in [9.17, 15) is 0 Å². The van der Waals surface area contributed by atoms with Gasteiger partial charge >= 0.3 is 0 Å². The van der Waals surface area contributed by atoms with Crippen molar-refractivity contribution in [1.82, 2.24) is 9.55 Å². The summed E-state index contributed by atoms with van der Waals surface area (Å²) < 4.78 is 2.15. The number of hydrogen-bond acceptors (Lipinski definition) is 1. The molecule has 0 aromatic carbocycles. The molecule has 0 spiro atoms. The highest BCUT2D eigenvalue weighted by molar-refractivity contribution is 5.30. The molecule has 2 heteroatoms. The number of aryl methyl sites for hydroxylation is 2. The van der Waals surface area contributed by atoms with Gasteiger partial charge in [0.05, 0.1) is 5.69 Å². The Morgan fingerprint density at radius 1 is 1.19 bits per heavy atom. The maximum atomic E-state index is 4.66. The van der Waals surface area contributed by atoms with Gasteiger partial charge in [-0.2, -0.15) is 0 Å². The van der Waals surface area contributed by atoms with Crippen LogP contribution in [0.5, 0.6) is 0 Å². The quantitative estimate of drug-likeness (QED) is 0.679. The number of unbranched alkanes of at least 4 members (excludes halogenated alkanes) is 2. The SMILES string of the molecule is C=Cn1c(C)nc(CCCC)c1CCCC. The number of aromatic nitrogens is 2. The summed E-state index contributed by atoms with van der Waals surface area (Å²) in [5, 5.41) is 0. The van der Waals surface area contributed by atoms with Crippen molar-refractivity contribution in [3.8, 4) is 0 Å². The lowest BCUT2D eigenvalue weighted by molar-refractivity contribution is 0.732. The average molecular weight is 220 g/mol. The fourth-order valence-electron chi connectivity index (χ4n) is 2.04. The minimum atomic E-state index is 1.08. The second kappa shape index (κ2) is 6.51. The van der Waals surface area contributed by atoms with Crippen LogP contribution >= 0.6 is 0 Å². The molecule has 16 heavy (non-hydrogen) atoms. The standard InChI is InChI=1S/C14H24N2/c1-5-8-10-13-14(11-9-6-2)16(7-3)12(4)15-13/h7H,3,5-6,8-11H2,1-2,4H3. The zero-order valence-electron chi connectivity index (χ0n) is 10.9. The Morgan fingerprint density at radius 2 is 1.81 bits per heavy atom.